The van der Waals surface area contributed by atoms with Crippen molar-refractivity contribution in [2.75, 3.05) is 19.0 Å². The van der Waals surface area contributed by atoms with Crippen LogP contribution < -0.4 is 15.9 Å². The zero-order valence-corrected chi connectivity index (χ0v) is 11.4. The van der Waals surface area contributed by atoms with E-state index in [1.807, 2.05) is 31.3 Å². The van der Waals surface area contributed by atoms with Crippen LogP contribution in [-0.4, -0.2) is 30.1 Å². The number of anilines is 1. The molecule has 0 aliphatic carbocycles. The van der Waals surface area contributed by atoms with E-state index in [1.165, 1.54) is 0 Å². The van der Waals surface area contributed by atoms with Crippen LogP contribution in [0.5, 0.6) is 0 Å². The van der Waals surface area contributed by atoms with Crippen LogP contribution in [0.2, 0.25) is 0 Å². The van der Waals surface area contributed by atoms with Crippen LogP contribution in [0, 0.1) is 0 Å². The van der Waals surface area contributed by atoms with Gasteiger partial charge < -0.3 is 10.3 Å². The first-order valence-electron chi connectivity index (χ1n) is 6.27. The van der Waals surface area contributed by atoms with E-state index in [-0.39, 0.29) is 0 Å². The standard InChI is InChI=1S/C13H21N5/c1-5-10(2)18-9-13(15-16-18)12-7-6-11(8-14-12)17(3)4/h6-10,15-16H,5H2,1-4H3. The van der Waals surface area contributed by atoms with Gasteiger partial charge in [0.1, 0.15) is 0 Å². The number of hydrazine groups is 2. The molecule has 2 rings (SSSR count). The normalized spacial score (nSPS) is 16.2. The summed E-state index contributed by atoms with van der Waals surface area (Å²) >= 11 is 0. The molecule has 1 unspecified atom stereocenters. The van der Waals surface area contributed by atoms with E-state index in [4.69, 9.17) is 0 Å². The quantitative estimate of drug-likeness (QED) is 0.845. The monoisotopic (exact) mass is 247 g/mol. The molecule has 1 aliphatic heterocycles. The first-order chi connectivity index (χ1) is 8.61. The third-order valence-electron chi connectivity index (χ3n) is 3.19. The van der Waals surface area contributed by atoms with Crippen molar-refractivity contribution in [2.45, 2.75) is 26.3 Å². The SMILES string of the molecule is CCC(C)N1C=C(c2ccc(N(C)C)cn2)NN1. The summed E-state index contributed by atoms with van der Waals surface area (Å²) in [4.78, 5) is 6.50. The summed E-state index contributed by atoms with van der Waals surface area (Å²) in [5.74, 6) is 0. The third kappa shape index (κ3) is 2.56. The molecule has 1 aromatic heterocycles. The molecule has 0 radical (unpaired) electrons. The van der Waals surface area contributed by atoms with E-state index < -0.39 is 0 Å². The highest BCUT2D eigenvalue weighted by Crippen LogP contribution is 2.17. The van der Waals surface area contributed by atoms with E-state index in [9.17, 15) is 0 Å². The van der Waals surface area contributed by atoms with Crippen LogP contribution in [0.15, 0.2) is 24.5 Å². The molecule has 1 aromatic rings. The van der Waals surface area contributed by atoms with Crippen molar-refractivity contribution in [2.24, 2.45) is 0 Å². The lowest BCUT2D eigenvalue weighted by Gasteiger charge is -2.21. The Balaban J connectivity index is 2.13. The van der Waals surface area contributed by atoms with E-state index in [1.54, 1.807) is 0 Å². The number of hydrogen-bond donors (Lipinski definition) is 2. The summed E-state index contributed by atoms with van der Waals surface area (Å²) < 4.78 is 0. The van der Waals surface area contributed by atoms with Crippen molar-refractivity contribution >= 4 is 11.4 Å². The number of nitrogens with one attached hydrogen (secondary N) is 2. The van der Waals surface area contributed by atoms with Gasteiger partial charge in [0.25, 0.3) is 0 Å². The van der Waals surface area contributed by atoms with Gasteiger partial charge >= 0.3 is 0 Å². The minimum atomic E-state index is 0.455. The lowest BCUT2D eigenvalue weighted by molar-refractivity contribution is 0.205. The summed E-state index contributed by atoms with van der Waals surface area (Å²) in [6, 6.07) is 4.54. The first-order valence-corrected chi connectivity index (χ1v) is 6.27. The summed E-state index contributed by atoms with van der Waals surface area (Å²) in [6.07, 6.45) is 5.03. The summed E-state index contributed by atoms with van der Waals surface area (Å²) in [5.41, 5.74) is 9.33. The highest BCUT2D eigenvalue weighted by Gasteiger charge is 2.17. The van der Waals surface area contributed by atoms with Gasteiger partial charge in [-0.15, -0.1) is 5.53 Å². The molecule has 1 atom stereocenters. The maximum atomic E-state index is 4.46. The molecule has 0 fully saturated rings. The zero-order chi connectivity index (χ0) is 13.1. The van der Waals surface area contributed by atoms with Gasteiger partial charge in [-0.25, -0.2) is 0 Å². The van der Waals surface area contributed by atoms with Gasteiger partial charge in [0.05, 0.1) is 23.3 Å². The van der Waals surface area contributed by atoms with Crippen molar-refractivity contribution in [3.05, 3.63) is 30.2 Å². The molecule has 2 N–H and O–H groups in total. The first kappa shape index (κ1) is 12.7. The lowest BCUT2D eigenvalue weighted by Crippen LogP contribution is -2.41. The van der Waals surface area contributed by atoms with Gasteiger partial charge in [0.2, 0.25) is 0 Å². The highest BCUT2D eigenvalue weighted by atomic mass is 15.7. The fourth-order valence-electron chi connectivity index (χ4n) is 1.70. The fraction of sp³-hybridized carbons (Fsp3) is 0.462. The summed E-state index contributed by atoms with van der Waals surface area (Å²) in [7, 11) is 4.02. The predicted octanol–water partition coefficient (Wildman–Crippen LogP) is 1.57. The number of rotatable bonds is 4. The number of pyridine rings is 1. The summed E-state index contributed by atoms with van der Waals surface area (Å²) in [5, 5.41) is 2.07. The summed E-state index contributed by atoms with van der Waals surface area (Å²) in [6.45, 7) is 4.35. The number of hydrogen-bond acceptors (Lipinski definition) is 5. The third-order valence-corrected chi connectivity index (χ3v) is 3.19. The molecule has 98 valence electrons. The second-order valence-electron chi connectivity index (χ2n) is 4.74. The second-order valence-corrected chi connectivity index (χ2v) is 4.74. The van der Waals surface area contributed by atoms with Crippen LogP contribution in [0.25, 0.3) is 5.70 Å². The molecule has 0 saturated carbocycles. The topological polar surface area (TPSA) is 43.4 Å². The molecule has 1 aliphatic rings. The van der Waals surface area contributed by atoms with Gasteiger partial charge in [-0.2, -0.15) is 0 Å². The van der Waals surface area contributed by atoms with Gasteiger partial charge in [0, 0.05) is 26.3 Å². The Labute approximate surface area is 108 Å². The van der Waals surface area contributed by atoms with Gasteiger partial charge in [-0.1, -0.05) is 6.92 Å². The van der Waals surface area contributed by atoms with Gasteiger partial charge in [-0.05, 0) is 25.5 Å². The molecule has 0 bridgehead atoms. The largest absolute Gasteiger partial charge is 0.376 e. The maximum Gasteiger partial charge on any atom is 0.0936 e. The lowest BCUT2D eigenvalue weighted by atomic mass is 10.2. The van der Waals surface area contributed by atoms with E-state index in [0.717, 1.165) is 23.5 Å². The van der Waals surface area contributed by atoms with Gasteiger partial charge in [0.15, 0.2) is 0 Å². The Morgan fingerprint density at radius 1 is 1.39 bits per heavy atom. The molecule has 18 heavy (non-hydrogen) atoms. The molecule has 5 nitrogen and oxygen atoms in total. The molecule has 5 heteroatoms. The Bertz CT molecular complexity index is 424. The number of aromatic nitrogens is 1. The van der Waals surface area contributed by atoms with Crippen molar-refractivity contribution < 1.29 is 0 Å². The molecular weight excluding hydrogens is 226 g/mol. The van der Waals surface area contributed by atoms with Crippen LogP contribution in [0.4, 0.5) is 5.69 Å². The molecule has 2 heterocycles. The Hall–Kier alpha value is -1.75. The van der Waals surface area contributed by atoms with Crippen molar-refractivity contribution in [3.63, 3.8) is 0 Å². The Kier molecular flexibility index (Phi) is 3.72. The molecular formula is C13H21N5. The van der Waals surface area contributed by atoms with Gasteiger partial charge in [-0.3, -0.25) is 9.99 Å². The average molecular weight is 247 g/mol. The smallest absolute Gasteiger partial charge is 0.0936 e. The predicted molar refractivity (Wildman–Crippen MR) is 74.4 cm³/mol. The maximum absolute atomic E-state index is 4.46. The minimum Gasteiger partial charge on any atom is -0.376 e. The second kappa shape index (κ2) is 5.27. The Morgan fingerprint density at radius 3 is 2.72 bits per heavy atom. The van der Waals surface area contributed by atoms with Crippen LogP contribution in [-0.2, 0) is 0 Å². The Morgan fingerprint density at radius 2 is 2.17 bits per heavy atom. The molecule has 0 saturated heterocycles. The average Bonchev–Trinajstić information content (AvgIpc) is 2.87. The van der Waals surface area contributed by atoms with Crippen LogP contribution in [0.3, 0.4) is 0 Å². The molecule has 0 aromatic carbocycles. The number of nitrogens with zero attached hydrogens (tertiary/aromatic N) is 3. The van der Waals surface area contributed by atoms with Crippen molar-refractivity contribution in [3.8, 4) is 0 Å². The van der Waals surface area contributed by atoms with Crippen molar-refractivity contribution in [1.82, 2.24) is 21.0 Å². The van der Waals surface area contributed by atoms with Crippen LogP contribution in [0.1, 0.15) is 26.0 Å². The molecule has 0 amide bonds. The minimum absolute atomic E-state index is 0.455. The van der Waals surface area contributed by atoms with E-state index in [0.29, 0.717) is 6.04 Å². The zero-order valence-electron chi connectivity index (χ0n) is 11.4. The van der Waals surface area contributed by atoms with E-state index in [2.05, 4.69) is 47.1 Å². The van der Waals surface area contributed by atoms with Crippen molar-refractivity contribution in [1.29, 1.82) is 0 Å². The molecule has 0 spiro atoms. The van der Waals surface area contributed by atoms with Crippen LogP contribution >= 0.6 is 0 Å². The highest BCUT2D eigenvalue weighted by molar-refractivity contribution is 5.62. The fourth-order valence-corrected chi connectivity index (χ4v) is 1.70. The van der Waals surface area contributed by atoms with E-state index >= 15 is 0 Å².